The number of hydrogen-bond donors (Lipinski definition) is 3. The smallest absolute Gasteiger partial charge is 0.191 e. The molecule has 6 heteroatoms. The highest BCUT2D eigenvalue weighted by atomic mass is 16.5. The van der Waals surface area contributed by atoms with Crippen LogP contribution in [0, 0.1) is 0 Å². The molecule has 1 heterocycles. The summed E-state index contributed by atoms with van der Waals surface area (Å²) in [7, 11) is 1.77. The zero-order valence-corrected chi connectivity index (χ0v) is 15.2. The Bertz CT molecular complexity index is 624. The van der Waals surface area contributed by atoms with Gasteiger partial charge in [-0.1, -0.05) is 43.7 Å². The average Bonchev–Trinajstić information content (AvgIpc) is 3.13. The number of aliphatic imine (C=N–C) groups is 1. The second-order valence-electron chi connectivity index (χ2n) is 5.78. The van der Waals surface area contributed by atoms with Gasteiger partial charge in [0.25, 0.3) is 0 Å². The summed E-state index contributed by atoms with van der Waals surface area (Å²) in [6.07, 6.45) is 5.12. The number of unbranched alkanes of at least 4 members (excludes halogenated alkanes) is 1. The SMILES string of the molecule is CCCCOCCCNC(=NC)NCc1ncc(-c2ccccc2)[nH]1. The summed E-state index contributed by atoms with van der Waals surface area (Å²) >= 11 is 0. The Morgan fingerprint density at radius 1 is 1.16 bits per heavy atom. The van der Waals surface area contributed by atoms with Crippen LogP contribution in [0.2, 0.25) is 0 Å². The molecule has 0 saturated carbocycles. The first-order chi connectivity index (χ1) is 12.3. The van der Waals surface area contributed by atoms with Crippen LogP contribution < -0.4 is 10.6 Å². The largest absolute Gasteiger partial charge is 0.381 e. The van der Waals surface area contributed by atoms with Gasteiger partial charge in [0, 0.05) is 26.8 Å². The number of imidazole rings is 1. The molecule has 0 unspecified atom stereocenters. The van der Waals surface area contributed by atoms with Gasteiger partial charge in [-0.3, -0.25) is 4.99 Å². The summed E-state index contributed by atoms with van der Waals surface area (Å²) in [6.45, 7) is 5.23. The molecule has 0 aliphatic heterocycles. The van der Waals surface area contributed by atoms with E-state index in [2.05, 4.69) is 44.7 Å². The maximum absolute atomic E-state index is 5.55. The van der Waals surface area contributed by atoms with Crippen LogP contribution in [-0.2, 0) is 11.3 Å². The van der Waals surface area contributed by atoms with Gasteiger partial charge in [-0.15, -0.1) is 0 Å². The van der Waals surface area contributed by atoms with Gasteiger partial charge in [-0.05, 0) is 18.4 Å². The number of aromatic amines is 1. The molecule has 0 aliphatic rings. The van der Waals surface area contributed by atoms with Gasteiger partial charge >= 0.3 is 0 Å². The zero-order chi connectivity index (χ0) is 17.7. The Morgan fingerprint density at radius 2 is 1.96 bits per heavy atom. The van der Waals surface area contributed by atoms with Crippen molar-refractivity contribution in [2.75, 3.05) is 26.8 Å². The molecule has 1 aromatic carbocycles. The third-order valence-electron chi connectivity index (χ3n) is 3.76. The molecule has 0 saturated heterocycles. The quantitative estimate of drug-likeness (QED) is 0.352. The lowest BCUT2D eigenvalue weighted by Gasteiger charge is -2.11. The maximum Gasteiger partial charge on any atom is 0.191 e. The average molecular weight is 343 g/mol. The second kappa shape index (κ2) is 11.3. The van der Waals surface area contributed by atoms with Crippen LogP contribution in [-0.4, -0.2) is 42.7 Å². The first kappa shape index (κ1) is 19.0. The molecule has 0 radical (unpaired) electrons. The highest BCUT2D eigenvalue weighted by molar-refractivity contribution is 5.79. The van der Waals surface area contributed by atoms with Gasteiger partial charge in [-0.2, -0.15) is 0 Å². The fourth-order valence-electron chi connectivity index (χ4n) is 2.33. The van der Waals surface area contributed by atoms with Crippen molar-refractivity contribution in [1.82, 2.24) is 20.6 Å². The predicted molar refractivity (Wildman–Crippen MR) is 103 cm³/mol. The van der Waals surface area contributed by atoms with Crippen LogP contribution in [0.25, 0.3) is 11.3 Å². The van der Waals surface area contributed by atoms with E-state index in [0.29, 0.717) is 6.54 Å². The van der Waals surface area contributed by atoms with E-state index >= 15 is 0 Å². The molecule has 25 heavy (non-hydrogen) atoms. The summed E-state index contributed by atoms with van der Waals surface area (Å²) in [6, 6.07) is 10.2. The summed E-state index contributed by atoms with van der Waals surface area (Å²) in [5.74, 6) is 1.65. The van der Waals surface area contributed by atoms with Crippen molar-refractivity contribution in [3.63, 3.8) is 0 Å². The molecule has 0 aliphatic carbocycles. The Labute approximate surface area is 150 Å². The Kier molecular flexibility index (Phi) is 8.55. The lowest BCUT2D eigenvalue weighted by atomic mass is 10.2. The number of benzene rings is 1. The van der Waals surface area contributed by atoms with Crippen molar-refractivity contribution in [2.24, 2.45) is 4.99 Å². The van der Waals surface area contributed by atoms with Crippen molar-refractivity contribution in [3.05, 3.63) is 42.4 Å². The van der Waals surface area contributed by atoms with E-state index in [4.69, 9.17) is 4.74 Å². The molecule has 3 N–H and O–H groups in total. The van der Waals surface area contributed by atoms with E-state index in [0.717, 1.165) is 55.6 Å². The van der Waals surface area contributed by atoms with Crippen molar-refractivity contribution >= 4 is 5.96 Å². The Balaban J connectivity index is 1.68. The summed E-state index contributed by atoms with van der Waals surface area (Å²) in [5.41, 5.74) is 2.15. The van der Waals surface area contributed by atoms with E-state index in [-0.39, 0.29) is 0 Å². The number of H-pyrrole nitrogens is 1. The van der Waals surface area contributed by atoms with E-state index in [1.807, 2.05) is 24.4 Å². The molecule has 1 aromatic heterocycles. The lowest BCUT2D eigenvalue weighted by molar-refractivity contribution is 0.129. The third-order valence-corrected chi connectivity index (χ3v) is 3.76. The van der Waals surface area contributed by atoms with E-state index in [1.54, 1.807) is 7.05 Å². The molecular weight excluding hydrogens is 314 g/mol. The number of rotatable bonds is 10. The van der Waals surface area contributed by atoms with Gasteiger partial charge in [0.2, 0.25) is 0 Å². The lowest BCUT2D eigenvalue weighted by Crippen LogP contribution is -2.37. The van der Waals surface area contributed by atoms with Crippen LogP contribution in [0.1, 0.15) is 32.0 Å². The normalized spacial score (nSPS) is 11.5. The Morgan fingerprint density at radius 3 is 2.72 bits per heavy atom. The van der Waals surface area contributed by atoms with Gasteiger partial charge < -0.3 is 20.4 Å². The van der Waals surface area contributed by atoms with Crippen LogP contribution in [0.5, 0.6) is 0 Å². The maximum atomic E-state index is 5.55. The van der Waals surface area contributed by atoms with Gasteiger partial charge in [-0.25, -0.2) is 4.98 Å². The summed E-state index contributed by atoms with van der Waals surface area (Å²) < 4.78 is 5.55. The summed E-state index contributed by atoms with van der Waals surface area (Å²) in [5, 5.41) is 6.55. The molecule has 0 amide bonds. The molecular formula is C19H29N5O. The number of nitrogens with zero attached hydrogens (tertiary/aromatic N) is 2. The Hall–Kier alpha value is -2.34. The van der Waals surface area contributed by atoms with Crippen molar-refractivity contribution in [1.29, 1.82) is 0 Å². The van der Waals surface area contributed by atoms with E-state index in [9.17, 15) is 0 Å². The fraction of sp³-hybridized carbons (Fsp3) is 0.474. The first-order valence-electron chi connectivity index (χ1n) is 8.95. The molecule has 2 rings (SSSR count). The van der Waals surface area contributed by atoms with Crippen LogP contribution in [0.15, 0.2) is 41.5 Å². The molecule has 6 nitrogen and oxygen atoms in total. The second-order valence-corrected chi connectivity index (χ2v) is 5.78. The molecule has 0 atom stereocenters. The topological polar surface area (TPSA) is 74.3 Å². The highest BCUT2D eigenvalue weighted by Crippen LogP contribution is 2.15. The molecule has 136 valence electrons. The van der Waals surface area contributed by atoms with Gasteiger partial charge in [0.15, 0.2) is 5.96 Å². The summed E-state index contributed by atoms with van der Waals surface area (Å²) in [4.78, 5) is 12.0. The molecule has 0 bridgehead atoms. The molecule has 2 aromatic rings. The zero-order valence-electron chi connectivity index (χ0n) is 15.2. The van der Waals surface area contributed by atoms with Crippen molar-refractivity contribution in [3.8, 4) is 11.3 Å². The van der Waals surface area contributed by atoms with Crippen LogP contribution in [0.4, 0.5) is 0 Å². The standard InChI is InChI=1S/C19H29N5O/c1-3-4-12-25-13-8-11-21-19(20-2)23-15-18-22-14-17(24-18)16-9-6-5-7-10-16/h5-7,9-10,14H,3-4,8,11-13,15H2,1-2H3,(H,22,24)(H2,20,21,23). The van der Waals surface area contributed by atoms with Gasteiger partial charge in [0.05, 0.1) is 18.4 Å². The van der Waals surface area contributed by atoms with Crippen molar-refractivity contribution < 1.29 is 4.74 Å². The first-order valence-corrected chi connectivity index (χ1v) is 8.95. The van der Waals surface area contributed by atoms with Crippen LogP contribution in [0.3, 0.4) is 0 Å². The fourth-order valence-corrected chi connectivity index (χ4v) is 2.33. The minimum Gasteiger partial charge on any atom is -0.381 e. The molecule has 0 spiro atoms. The van der Waals surface area contributed by atoms with E-state index < -0.39 is 0 Å². The highest BCUT2D eigenvalue weighted by Gasteiger charge is 2.04. The number of hydrogen-bond acceptors (Lipinski definition) is 3. The third kappa shape index (κ3) is 6.97. The number of guanidine groups is 1. The molecule has 0 fully saturated rings. The van der Waals surface area contributed by atoms with Crippen molar-refractivity contribution in [2.45, 2.75) is 32.7 Å². The minimum atomic E-state index is 0.597. The number of ether oxygens (including phenoxy) is 1. The number of aromatic nitrogens is 2. The van der Waals surface area contributed by atoms with Gasteiger partial charge in [0.1, 0.15) is 5.82 Å². The van der Waals surface area contributed by atoms with Crippen LogP contribution >= 0.6 is 0 Å². The minimum absolute atomic E-state index is 0.597. The monoisotopic (exact) mass is 343 g/mol. The van der Waals surface area contributed by atoms with E-state index in [1.165, 1.54) is 6.42 Å². The number of nitrogens with one attached hydrogen (secondary N) is 3. The predicted octanol–water partition coefficient (Wildman–Crippen LogP) is 2.95.